The molecule has 5 nitrogen and oxygen atoms in total. The van der Waals surface area contributed by atoms with Crippen molar-refractivity contribution < 1.29 is 14.3 Å². The van der Waals surface area contributed by atoms with E-state index in [1.165, 1.54) is 0 Å². The Morgan fingerprint density at radius 3 is 2.59 bits per heavy atom. The molecule has 0 saturated carbocycles. The first-order chi connectivity index (χ1) is 14.0. The van der Waals surface area contributed by atoms with Crippen LogP contribution in [0.4, 0.5) is 0 Å². The van der Waals surface area contributed by atoms with Gasteiger partial charge in [0.2, 0.25) is 11.8 Å². The second kappa shape index (κ2) is 11.2. The predicted molar refractivity (Wildman–Crippen MR) is 116 cm³/mol. The molecule has 0 aliphatic carbocycles. The number of amides is 2. The number of aryl methyl sites for hydroxylation is 1. The first-order valence-corrected chi connectivity index (χ1v) is 10.2. The van der Waals surface area contributed by atoms with Gasteiger partial charge in [0.1, 0.15) is 11.8 Å². The summed E-state index contributed by atoms with van der Waals surface area (Å²) >= 11 is 0. The van der Waals surface area contributed by atoms with Crippen molar-refractivity contribution in [1.82, 2.24) is 10.2 Å². The maximum absolute atomic E-state index is 13.2. The van der Waals surface area contributed by atoms with Gasteiger partial charge in [-0.3, -0.25) is 9.59 Å². The van der Waals surface area contributed by atoms with Crippen molar-refractivity contribution in [3.8, 4) is 5.75 Å². The average molecular weight is 397 g/mol. The molecule has 0 unspecified atom stereocenters. The van der Waals surface area contributed by atoms with Crippen molar-refractivity contribution in [3.63, 3.8) is 0 Å². The van der Waals surface area contributed by atoms with Gasteiger partial charge in [-0.05, 0) is 49.1 Å². The number of carbonyl (C=O) groups excluding carboxylic acids is 2. The zero-order chi connectivity index (χ0) is 21.2. The van der Waals surface area contributed by atoms with Crippen LogP contribution in [-0.2, 0) is 22.6 Å². The van der Waals surface area contributed by atoms with Crippen LogP contribution in [0, 0.1) is 6.92 Å². The molecule has 2 aromatic carbocycles. The molecule has 1 atom stereocenters. The molecule has 0 fully saturated rings. The third kappa shape index (κ3) is 6.63. The summed E-state index contributed by atoms with van der Waals surface area (Å²) in [7, 11) is 1.62. The van der Waals surface area contributed by atoms with Crippen LogP contribution in [0.2, 0.25) is 0 Å². The Balaban J connectivity index is 2.22. The number of nitrogens with zero attached hydrogens (tertiary/aromatic N) is 1. The summed E-state index contributed by atoms with van der Waals surface area (Å²) in [6, 6.07) is 14.9. The third-order valence-electron chi connectivity index (χ3n) is 5.09. The highest BCUT2D eigenvalue weighted by atomic mass is 16.5. The van der Waals surface area contributed by atoms with E-state index in [9.17, 15) is 9.59 Å². The highest BCUT2D eigenvalue weighted by Crippen LogP contribution is 2.18. The summed E-state index contributed by atoms with van der Waals surface area (Å²) in [5, 5.41) is 2.94. The van der Waals surface area contributed by atoms with Crippen LogP contribution in [0.3, 0.4) is 0 Å². The van der Waals surface area contributed by atoms with Gasteiger partial charge in [-0.1, -0.05) is 49.7 Å². The van der Waals surface area contributed by atoms with Crippen LogP contribution in [-0.4, -0.2) is 36.4 Å². The van der Waals surface area contributed by atoms with Crippen molar-refractivity contribution in [2.75, 3.05) is 13.7 Å². The Morgan fingerprint density at radius 2 is 1.90 bits per heavy atom. The fourth-order valence-electron chi connectivity index (χ4n) is 3.16. The second-order valence-corrected chi connectivity index (χ2v) is 7.30. The number of hydrogen-bond donors (Lipinski definition) is 1. The van der Waals surface area contributed by atoms with Crippen LogP contribution >= 0.6 is 0 Å². The van der Waals surface area contributed by atoms with E-state index in [-0.39, 0.29) is 18.2 Å². The number of unbranched alkanes of at least 4 members (excludes halogenated alkanes) is 1. The first kappa shape index (κ1) is 22.5. The van der Waals surface area contributed by atoms with Gasteiger partial charge in [0.05, 0.1) is 13.5 Å². The van der Waals surface area contributed by atoms with Crippen molar-refractivity contribution >= 4 is 11.8 Å². The number of methoxy groups -OCH3 is 1. The summed E-state index contributed by atoms with van der Waals surface area (Å²) in [5.41, 5.74) is 2.98. The van der Waals surface area contributed by atoms with Gasteiger partial charge >= 0.3 is 0 Å². The lowest BCUT2D eigenvalue weighted by Gasteiger charge is -2.29. The average Bonchev–Trinajstić information content (AvgIpc) is 2.73. The Morgan fingerprint density at radius 1 is 1.14 bits per heavy atom. The highest BCUT2D eigenvalue weighted by Gasteiger charge is 2.26. The minimum Gasteiger partial charge on any atom is -0.497 e. The molecule has 0 radical (unpaired) electrons. The number of carbonyl (C=O) groups is 2. The van der Waals surface area contributed by atoms with Crippen molar-refractivity contribution in [2.24, 2.45) is 0 Å². The Kier molecular flexibility index (Phi) is 8.71. The molecule has 1 N–H and O–H groups in total. The molecule has 156 valence electrons. The topological polar surface area (TPSA) is 58.6 Å². The van der Waals surface area contributed by atoms with Gasteiger partial charge in [0.25, 0.3) is 0 Å². The molecule has 2 rings (SSSR count). The minimum absolute atomic E-state index is 0.0692. The molecule has 0 bridgehead atoms. The maximum Gasteiger partial charge on any atom is 0.242 e. The van der Waals surface area contributed by atoms with E-state index in [2.05, 4.69) is 12.2 Å². The lowest BCUT2D eigenvalue weighted by atomic mass is 10.0. The minimum atomic E-state index is -0.561. The van der Waals surface area contributed by atoms with Crippen molar-refractivity contribution in [3.05, 3.63) is 65.2 Å². The first-order valence-electron chi connectivity index (χ1n) is 10.2. The summed E-state index contributed by atoms with van der Waals surface area (Å²) in [6.45, 7) is 6.84. The van der Waals surface area contributed by atoms with E-state index in [0.717, 1.165) is 35.3 Å². The fourth-order valence-corrected chi connectivity index (χ4v) is 3.16. The second-order valence-electron chi connectivity index (χ2n) is 7.30. The molecule has 0 aliphatic heterocycles. The number of rotatable bonds is 10. The van der Waals surface area contributed by atoms with Crippen LogP contribution in [0.1, 0.15) is 43.4 Å². The van der Waals surface area contributed by atoms with Gasteiger partial charge in [-0.25, -0.2) is 0 Å². The lowest BCUT2D eigenvalue weighted by molar-refractivity contribution is -0.140. The Bertz CT molecular complexity index is 819. The van der Waals surface area contributed by atoms with Gasteiger partial charge in [0.15, 0.2) is 0 Å². The number of nitrogens with one attached hydrogen (secondary N) is 1. The molecule has 0 aromatic heterocycles. The third-order valence-corrected chi connectivity index (χ3v) is 5.09. The van der Waals surface area contributed by atoms with Crippen molar-refractivity contribution in [2.45, 2.75) is 52.6 Å². The Labute approximate surface area is 174 Å². The quantitative estimate of drug-likeness (QED) is 0.620. The van der Waals surface area contributed by atoms with Crippen LogP contribution in [0.25, 0.3) is 0 Å². The molecular weight excluding hydrogens is 364 g/mol. The Hall–Kier alpha value is -2.82. The monoisotopic (exact) mass is 396 g/mol. The molecule has 2 amide bonds. The maximum atomic E-state index is 13.2. The normalized spacial score (nSPS) is 11.6. The van der Waals surface area contributed by atoms with Gasteiger partial charge in [0, 0.05) is 13.1 Å². The molecule has 0 spiro atoms. The van der Waals surface area contributed by atoms with Crippen LogP contribution in [0.5, 0.6) is 5.75 Å². The SMILES string of the molecule is CCCCNC(=O)[C@H](C)N(Cc1cccc(OC)c1)C(=O)Cc1ccccc1C. The standard InChI is InChI=1S/C24H32N2O3/c1-5-6-14-25-24(28)19(3)26(17-20-11-9-13-22(15-20)29-4)23(27)16-21-12-8-7-10-18(21)2/h7-13,15,19H,5-6,14,16-17H2,1-4H3,(H,25,28)/t19-/m0/s1. The molecule has 29 heavy (non-hydrogen) atoms. The largest absolute Gasteiger partial charge is 0.497 e. The van der Waals surface area contributed by atoms with E-state index < -0.39 is 6.04 Å². The van der Waals surface area contributed by atoms with Gasteiger partial charge < -0.3 is 15.0 Å². The zero-order valence-corrected chi connectivity index (χ0v) is 17.9. The fraction of sp³-hybridized carbons (Fsp3) is 0.417. The lowest BCUT2D eigenvalue weighted by Crippen LogP contribution is -2.48. The zero-order valence-electron chi connectivity index (χ0n) is 17.9. The summed E-state index contributed by atoms with van der Waals surface area (Å²) < 4.78 is 5.30. The van der Waals surface area contributed by atoms with Gasteiger partial charge in [-0.15, -0.1) is 0 Å². The molecular formula is C24H32N2O3. The van der Waals surface area contributed by atoms with Gasteiger partial charge in [-0.2, -0.15) is 0 Å². The van der Waals surface area contributed by atoms with Crippen LogP contribution in [0.15, 0.2) is 48.5 Å². The summed E-state index contributed by atoms with van der Waals surface area (Å²) in [5.74, 6) is 0.536. The summed E-state index contributed by atoms with van der Waals surface area (Å²) in [4.78, 5) is 27.5. The van der Waals surface area contributed by atoms with Crippen LogP contribution < -0.4 is 10.1 Å². The summed E-state index contributed by atoms with van der Waals surface area (Å²) in [6.07, 6.45) is 2.20. The van der Waals surface area contributed by atoms with E-state index >= 15 is 0 Å². The number of benzene rings is 2. The number of ether oxygens (including phenoxy) is 1. The molecule has 0 heterocycles. The molecule has 0 saturated heterocycles. The van der Waals surface area contributed by atoms with Crippen molar-refractivity contribution in [1.29, 1.82) is 0 Å². The predicted octanol–water partition coefficient (Wildman–Crippen LogP) is 3.88. The number of hydrogen-bond acceptors (Lipinski definition) is 3. The molecule has 2 aromatic rings. The van der Waals surface area contributed by atoms with E-state index in [4.69, 9.17) is 4.74 Å². The smallest absolute Gasteiger partial charge is 0.242 e. The molecule has 0 aliphatic rings. The highest BCUT2D eigenvalue weighted by molar-refractivity contribution is 5.88. The van der Waals surface area contributed by atoms with E-state index in [1.807, 2.05) is 55.5 Å². The van der Waals surface area contributed by atoms with E-state index in [0.29, 0.717) is 13.1 Å². The van der Waals surface area contributed by atoms with E-state index in [1.54, 1.807) is 18.9 Å². The molecule has 5 heteroatoms.